The van der Waals surface area contributed by atoms with Crippen molar-refractivity contribution >= 4 is 23.6 Å². The molecule has 3 heterocycles. The Morgan fingerprint density at radius 2 is 1.88 bits per heavy atom. The summed E-state index contributed by atoms with van der Waals surface area (Å²) in [5.74, 6) is -1.84. The molecule has 1 aromatic heterocycles. The van der Waals surface area contributed by atoms with E-state index in [-0.39, 0.29) is 67.2 Å². The molecule has 0 radical (unpaired) electrons. The van der Waals surface area contributed by atoms with Gasteiger partial charge in [-0.05, 0) is 55.2 Å². The predicted molar refractivity (Wildman–Crippen MR) is 152 cm³/mol. The standard InChI is InChI=1S/C30H34FN5O7/c1-3-22-29(39)33-18-19-7-9-24(21(31)16-19)43-26-17-20(8-10-25(26)41-2)28(38)32-12-5-14-36(13-4-6-27(37)34-22)30(40)23-11-15-42-35-23/h7-11,15-17,22H,3-6,12-14,18H2,1-2H3,(H,32,38)(H,33,39)(H,34,37)/t22-/m0/s1. The summed E-state index contributed by atoms with van der Waals surface area (Å²) >= 11 is 0. The number of nitrogens with zero attached hydrogens (tertiary/aromatic N) is 2. The number of ether oxygens (including phenoxy) is 2. The smallest absolute Gasteiger partial charge is 0.276 e. The van der Waals surface area contributed by atoms with Crippen molar-refractivity contribution in [1.82, 2.24) is 26.0 Å². The van der Waals surface area contributed by atoms with E-state index in [0.29, 0.717) is 30.6 Å². The maximum Gasteiger partial charge on any atom is 0.276 e. The molecule has 2 aliphatic heterocycles. The summed E-state index contributed by atoms with van der Waals surface area (Å²) in [5.41, 5.74) is 0.875. The highest BCUT2D eigenvalue weighted by Crippen LogP contribution is 2.34. The minimum absolute atomic E-state index is 0.0283. The van der Waals surface area contributed by atoms with Crippen LogP contribution in [0.15, 0.2) is 53.3 Å². The summed E-state index contributed by atoms with van der Waals surface area (Å²) in [6.07, 6.45) is 2.47. The number of hydrogen-bond donors (Lipinski definition) is 3. The molecule has 3 N–H and O–H groups in total. The van der Waals surface area contributed by atoms with Crippen molar-refractivity contribution in [3.8, 4) is 17.2 Å². The molecule has 0 unspecified atom stereocenters. The van der Waals surface area contributed by atoms with Crippen LogP contribution in [0.5, 0.6) is 17.2 Å². The van der Waals surface area contributed by atoms with Crippen LogP contribution in [0.4, 0.5) is 4.39 Å². The van der Waals surface area contributed by atoms with Crippen LogP contribution in [-0.2, 0) is 16.1 Å². The van der Waals surface area contributed by atoms with Crippen LogP contribution < -0.4 is 25.4 Å². The van der Waals surface area contributed by atoms with E-state index in [1.807, 2.05) is 0 Å². The second kappa shape index (κ2) is 14.8. The first-order valence-electron chi connectivity index (χ1n) is 14.0. The van der Waals surface area contributed by atoms with Crippen LogP contribution in [0.3, 0.4) is 0 Å². The second-order valence-electron chi connectivity index (χ2n) is 9.87. The zero-order chi connectivity index (χ0) is 30.8. The van der Waals surface area contributed by atoms with Crippen LogP contribution in [-0.4, -0.2) is 66.5 Å². The topological polar surface area (TPSA) is 152 Å². The van der Waals surface area contributed by atoms with Crippen molar-refractivity contribution in [1.29, 1.82) is 0 Å². The van der Waals surface area contributed by atoms with E-state index >= 15 is 0 Å². The molecule has 2 aromatic carbocycles. The van der Waals surface area contributed by atoms with Gasteiger partial charge in [-0.2, -0.15) is 0 Å². The van der Waals surface area contributed by atoms with Crippen molar-refractivity contribution in [3.05, 3.63) is 71.4 Å². The molecule has 4 bridgehead atoms. The van der Waals surface area contributed by atoms with E-state index in [4.69, 9.17) is 14.0 Å². The Labute approximate surface area is 247 Å². The highest BCUT2D eigenvalue weighted by molar-refractivity contribution is 5.95. The van der Waals surface area contributed by atoms with Gasteiger partial charge in [-0.3, -0.25) is 19.2 Å². The molecule has 12 nitrogen and oxygen atoms in total. The van der Waals surface area contributed by atoms with Gasteiger partial charge in [0.2, 0.25) is 11.8 Å². The molecular formula is C30H34FN5O7. The number of benzene rings is 2. The van der Waals surface area contributed by atoms with E-state index in [9.17, 15) is 23.6 Å². The first-order chi connectivity index (χ1) is 20.8. The molecule has 4 amide bonds. The van der Waals surface area contributed by atoms with E-state index < -0.39 is 23.7 Å². The van der Waals surface area contributed by atoms with Crippen LogP contribution in [0.1, 0.15) is 59.0 Å². The van der Waals surface area contributed by atoms with Crippen molar-refractivity contribution in [3.63, 3.8) is 0 Å². The number of hydrogen-bond acceptors (Lipinski definition) is 8. The molecule has 228 valence electrons. The number of aromatic nitrogens is 1. The highest BCUT2D eigenvalue weighted by atomic mass is 19.1. The monoisotopic (exact) mass is 595 g/mol. The molecule has 5 rings (SSSR count). The lowest BCUT2D eigenvalue weighted by atomic mass is 10.1. The number of nitrogens with one attached hydrogen (secondary N) is 3. The first kappa shape index (κ1) is 31.0. The third-order valence-electron chi connectivity index (χ3n) is 6.84. The number of methoxy groups -OCH3 is 1. The van der Waals surface area contributed by atoms with Crippen molar-refractivity contribution in [2.75, 3.05) is 26.7 Å². The van der Waals surface area contributed by atoms with Gasteiger partial charge in [-0.25, -0.2) is 4.39 Å². The minimum atomic E-state index is -0.780. The Morgan fingerprint density at radius 1 is 1.07 bits per heavy atom. The Bertz CT molecular complexity index is 1450. The number of rotatable bonds is 3. The lowest BCUT2D eigenvalue weighted by Gasteiger charge is -2.22. The van der Waals surface area contributed by atoms with Gasteiger partial charge < -0.3 is 34.8 Å². The van der Waals surface area contributed by atoms with E-state index in [2.05, 4.69) is 21.1 Å². The van der Waals surface area contributed by atoms with Gasteiger partial charge in [0.25, 0.3) is 11.8 Å². The lowest BCUT2D eigenvalue weighted by molar-refractivity contribution is -0.129. The average Bonchev–Trinajstić information content (AvgIpc) is 3.55. The van der Waals surface area contributed by atoms with Gasteiger partial charge in [0.05, 0.1) is 7.11 Å². The molecule has 43 heavy (non-hydrogen) atoms. The highest BCUT2D eigenvalue weighted by Gasteiger charge is 2.22. The molecule has 1 atom stereocenters. The fraction of sp³-hybridized carbons (Fsp3) is 0.367. The molecule has 0 aliphatic carbocycles. The number of carbonyl (C=O) groups excluding carboxylic acids is 4. The lowest BCUT2D eigenvalue weighted by Crippen LogP contribution is -2.46. The molecule has 13 heteroatoms. The summed E-state index contributed by atoms with van der Waals surface area (Å²) in [4.78, 5) is 52.8. The Balaban J connectivity index is 1.56. The molecule has 0 fully saturated rings. The van der Waals surface area contributed by atoms with Crippen LogP contribution in [0, 0.1) is 5.82 Å². The maximum atomic E-state index is 15.0. The van der Waals surface area contributed by atoms with E-state index in [1.165, 1.54) is 42.5 Å². The number of halogens is 1. The van der Waals surface area contributed by atoms with Crippen molar-refractivity contribution in [2.24, 2.45) is 0 Å². The Hall–Kier alpha value is -4.94. The SMILES string of the molecule is CC[C@@H]1NC(=O)CCCN(C(=O)c2ccon2)CCCNC(=O)c2ccc(OC)c(c2)Oc2ccc(cc2F)CNC1=O. The molecule has 3 aromatic rings. The molecule has 0 saturated carbocycles. The van der Waals surface area contributed by atoms with Gasteiger partial charge in [0, 0.05) is 44.2 Å². The van der Waals surface area contributed by atoms with Crippen LogP contribution >= 0.6 is 0 Å². The quantitative estimate of drug-likeness (QED) is 0.418. The summed E-state index contributed by atoms with van der Waals surface area (Å²) < 4.78 is 30.9. The molecular weight excluding hydrogens is 561 g/mol. The maximum absolute atomic E-state index is 15.0. The summed E-state index contributed by atoms with van der Waals surface area (Å²) in [7, 11) is 1.43. The minimum Gasteiger partial charge on any atom is -0.493 e. The van der Waals surface area contributed by atoms with E-state index in [1.54, 1.807) is 25.1 Å². The summed E-state index contributed by atoms with van der Waals surface area (Å²) in [5, 5.41) is 12.0. The zero-order valence-electron chi connectivity index (χ0n) is 24.0. The van der Waals surface area contributed by atoms with Gasteiger partial charge in [0.1, 0.15) is 12.3 Å². The number of carbonyl (C=O) groups is 4. The van der Waals surface area contributed by atoms with E-state index in [0.717, 1.165) is 0 Å². The second-order valence-corrected chi connectivity index (χ2v) is 9.87. The van der Waals surface area contributed by atoms with Crippen LogP contribution in [0.2, 0.25) is 0 Å². The fourth-order valence-corrected chi connectivity index (χ4v) is 4.49. The Morgan fingerprint density at radius 3 is 2.60 bits per heavy atom. The fourth-order valence-electron chi connectivity index (χ4n) is 4.49. The van der Waals surface area contributed by atoms with Crippen LogP contribution in [0.25, 0.3) is 0 Å². The number of fused-ring (bicyclic) bond motifs is 16. The first-order valence-corrected chi connectivity index (χ1v) is 14.0. The average molecular weight is 596 g/mol. The molecule has 0 saturated heterocycles. The van der Waals surface area contributed by atoms with Crippen molar-refractivity contribution in [2.45, 2.75) is 45.2 Å². The van der Waals surface area contributed by atoms with Gasteiger partial charge in [-0.15, -0.1) is 0 Å². The molecule has 0 spiro atoms. The van der Waals surface area contributed by atoms with Crippen molar-refractivity contribution < 1.29 is 37.6 Å². The summed E-state index contributed by atoms with van der Waals surface area (Å²) in [6.45, 7) is 2.56. The van der Waals surface area contributed by atoms with Gasteiger partial charge in [0.15, 0.2) is 28.8 Å². The normalized spacial score (nSPS) is 17.3. The summed E-state index contributed by atoms with van der Waals surface area (Å²) in [6, 6.07) is 9.48. The third kappa shape index (κ3) is 8.31. The largest absolute Gasteiger partial charge is 0.493 e. The Kier molecular flexibility index (Phi) is 10.7. The van der Waals surface area contributed by atoms with Gasteiger partial charge >= 0.3 is 0 Å². The third-order valence-corrected chi connectivity index (χ3v) is 6.84. The van der Waals surface area contributed by atoms with Gasteiger partial charge in [-0.1, -0.05) is 18.1 Å². The number of amides is 4. The predicted octanol–water partition coefficient (Wildman–Crippen LogP) is 3.18. The molecule has 2 aliphatic rings. The zero-order valence-corrected chi connectivity index (χ0v) is 24.0.